The van der Waals surface area contributed by atoms with Crippen molar-refractivity contribution in [2.24, 2.45) is 5.41 Å². The summed E-state index contributed by atoms with van der Waals surface area (Å²) in [5, 5.41) is 18.5. The molecule has 0 bridgehead atoms. The van der Waals surface area contributed by atoms with Gasteiger partial charge in [0.1, 0.15) is 0 Å². The molecule has 0 saturated heterocycles. The smallest absolute Gasteiger partial charge is 0.254 e. The normalized spacial score (nSPS) is 11.7. The molecule has 1 heterocycles. The maximum Gasteiger partial charge on any atom is 0.254 e. The van der Waals surface area contributed by atoms with E-state index < -0.39 is 5.41 Å². The third kappa shape index (κ3) is 3.31. The molecule has 2 N–H and O–H groups in total. The number of aryl methyl sites for hydroxylation is 2. The van der Waals surface area contributed by atoms with Crippen molar-refractivity contribution in [1.82, 2.24) is 4.90 Å². The summed E-state index contributed by atoms with van der Waals surface area (Å²) >= 11 is 1.60. The molecule has 0 radical (unpaired) electrons. The first-order chi connectivity index (χ1) is 8.33. The molecule has 0 aliphatic heterocycles. The van der Waals surface area contributed by atoms with Gasteiger partial charge in [-0.2, -0.15) is 0 Å². The number of hydrogen-bond acceptors (Lipinski definition) is 4. The minimum absolute atomic E-state index is 0.0648. The number of nitrogens with zero attached hydrogens (tertiary/aromatic N) is 1. The second-order valence-electron chi connectivity index (χ2n) is 5.12. The SMILES string of the molecule is Cc1cc(C(=O)N(C)CC(C)(CO)CO)c(C)s1. The largest absolute Gasteiger partial charge is 0.396 e. The second-order valence-corrected chi connectivity index (χ2v) is 6.58. The van der Waals surface area contributed by atoms with Crippen molar-refractivity contribution in [3.63, 3.8) is 0 Å². The first-order valence-electron chi connectivity index (χ1n) is 5.87. The van der Waals surface area contributed by atoms with Crippen LogP contribution in [0.5, 0.6) is 0 Å². The number of amides is 1. The first-order valence-corrected chi connectivity index (χ1v) is 6.69. The molecule has 102 valence electrons. The van der Waals surface area contributed by atoms with Gasteiger partial charge >= 0.3 is 0 Å². The molecule has 0 fully saturated rings. The van der Waals surface area contributed by atoms with Crippen molar-refractivity contribution in [3.05, 3.63) is 21.4 Å². The van der Waals surface area contributed by atoms with Gasteiger partial charge in [0, 0.05) is 28.8 Å². The average molecular weight is 271 g/mol. The van der Waals surface area contributed by atoms with E-state index in [1.807, 2.05) is 19.9 Å². The van der Waals surface area contributed by atoms with Crippen LogP contribution < -0.4 is 0 Å². The van der Waals surface area contributed by atoms with Crippen molar-refractivity contribution in [2.45, 2.75) is 20.8 Å². The number of carbonyl (C=O) groups is 1. The summed E-state index contributed by atoms with van der Waals surface area (Å²) < 4.78 is 0. The highest BCUT2D eigenvalue weighted by molar-refractivity contribution is 7.12. The van der Waals surface area contributed by atoms with Gasteiger partial charge in [-0.05, 0) is 19.9 Å². The van der Waals surface area contributed by atoms with Crippen LogP contribution >= 0.6 is 11.3 Å². The number of aliphatic hydroxyl groups excluding tert-OH is 2. The topological polar surface area (TPSA) is 60.8 Å². The van der Waals surface area contributed by atoms with E-state index in [9.17, 15) is 15.0 Å². The highest BCUT2D eigenvalue weighted by Gasteiger charge is 2.27. The van der Waals surface area contributed by atoms with Gasteiger partial charge in [0.25, 0.3) is 5.91 Å². The van der Waals surface area contributed by atoms with Gasteiger partial charge in [-0.1, -0.05) is 6.92 Å². The Morgan fingerprint density at radius 1 is 1.39 bits per heavy atom. The summed E-state index contributed by atoms with van der Waals surface area (Å²) in [7, 11) is 1.69. The van der Waals surface area contributed by atoms with E-state index in [2.05, 4.69) is 0 Å². The molecule has 0 spiro atoms. The number of aliphatic hydroxyl groups is 2. The summed E-state index contributed by atoms with van der Waals surface area (Å²) in [4.78, 5) is 15.9. The molecule has 0 saturated carbocycles. The summed E-state index contributed by atoms with van der Waals surface area (Å²) in [6.45, 7) is 5.68. The Labute approximate surface area is 112 Å². The van der Waals surface area contributed by atoms with Gasteiger partial charge in [0.05, 0.1) is 18.8 Å². The van der Waals surface area contributed by atoms with Gasteiger partial charge in [0.15, 0.2) is 0 Å². The molecular formula is C13H21NO3S. The van der Waals surface area contributed by atoms with Gasteiger partial charge in [0.2, 0.25) is 0 Å². The van der Waals surface area contributed by atoms with E-state index in [4.69, 9.17) is 0 Å². The summed E-state index contributed by atoms with van der Waals surface area (Å²) in [5.74, 6) is -0.0648. The van der Waals surface area contributed by atoms with Crippen molar-refractivity contribution in [1.29, 1.82) is 0 Å². The maximum absolute atomic E-state index is 12.3. The highest BCUT2D eigenvalue weighted by atomic mass is 32.1. The Bertz CT molecular complexity index is 424. The minimum atomic E-state index is -0.663. The van der Waals surface area contributed by atoms with Gasteiger partial charge in [-0.25, -0.2) is 0 Å². The average Bonchev–Trinajstić information content (AvgIpc) is 2.67. The van der Waals surface area contributed by atoms with Crippen LogP contribution in [0.25, 0.3) is 0 Å². The molecule has 0 aliphatic carbocycles. The van der Waals surface area contributed by atoms with E-state index in [-0.39, 0.29) is 19.1 Å². The fourth-order valence-corrected chi connectivity index (χ4v) is 2.76. The zero-order valence-electron chi connectivity index (χ0n) is 11.4. The summed E-state index contributed by atoms with van der Waals surface area (Å²) in [6, 6.07) is 1.88. The predicted molar refractivity (Wildman–Crippen MR) is 73.0 cm³/mol. The van der Waals surface area contributed by atoms with Crippen molar-refractivity contribution >= 4 is 17.2 Å². The lowest BCUT2D eigenvalue weighted by Gasteiger charge is -2.30. The monoisotopic (exact) mass is 271 g/mol. The molecular weight excluding hydrogens is 250 g/mol. The number of hydrogen-bond donors (Lipinski definition) is 2. The van der Waals surface area contributed by atoms with Crippen molar-refractivity contribution in [2.75, 3.05) is 26.8 Å². The van der Waals surface area contributed by atoms with Crippen molar-refractivity contribution < 1.29 is 15.0 Å². The van der Waals surface area contributed by atoms with E-state index in [0.717, 1.165) is 9.75 Å². The van der Waals surface area contributed by atoms with Crippen LogP contribution in [0.4, 0.5) is 0 Å². The van der Waals surface area contributed by atoms with E-state index in [1.165, 1.54) is 0 Å². The van der Waals surface area contributed by atoms with E-state index >= 15 is 0 Å². The van der Waals surface area contributed by atoms with Crippen LogP contribution in [0, 0.1) is 19.3 Å². The van der Waals surface area contributed by atoms with Crippen molar-refractivity contribution in [3.8, 4) is 0 Å². The zero-order chi connectivity index (χ0) is 13.9. The van der Waals surface area contributed by atoms with E-state index in [0.29, 0.717) is 12.1 Å². The fourth-order valence-electron chi connectivity index (χ4n) is 1.84. The summed E-state index contributed by atoms with van der Waals surface area (Å²) in [6.07, 6.45) is 0. The first kappa shape index (κ1) is 15.1. The second kappa shape index (κ2) is 5.82. The van der Waals surface area contributed by atoms with Crippen LogP contribution in [-0.4, -0.2) is 47.8 Å². The van der Waals surface area contributed by atoms with E-state index in [1.54, 1.807) is 30.2 Å². The molecule has 0 unspecified atom stereocenters. The van der Waals surface area contributed by atoms with Gasteiger partial charge < -0.3 is 15.1 Å². The molecule has 1 amide bonds. The molecule has 1 aromatic rings. The maximum atomic E-state index is 12.3. The molecule has 5 heteroatoms. The summed E-state index contributed by atoms with van der Waals surface area (Å²) in [5.41, 5.74) is 0.0434. The predicted octanol–water partition coefficient (Wildman–Crippen LogP) is 1.43. The quantitative estimate of drug-likeness (QED) is 0.851. The van der Waals surface area contributed by atoms with Crippen LogP contribution in [0.3, 0.4) is 0 Å². The van der Waals surface area contributed by atoms with Gasteiger partial charge in [-0.15, -0.1) is 11.3 Å². The number of carbonyl (C=O) groups excluding carboxylic acids is 1. The Balaban J connectivity index is 2.82. The Morgan fingerprint density at radius 3 is 2.33 bits per heavy atom. The highest BCUT2D eigenvalue weighted by Crippen LogP contribution is 2.23. The molecule has 0 atom stereocenters. The Hall–Kier alpha value is -0.910. The lowest BCUT2D eigenvalue weighted by atomic mass is 9.92. The Morgan fingerprint density at radius 2 is 1.94 bits per heavy atom. The third-order valence-electron chi connectivity index (χ3n) is 3.00. The molecule has 1 rings (SSSR count). The molecule has 0 aromatic carbocycles. The number of thiophene rings is 1. The lowest BCUT2D eigenvalue weighted by Crippen LogP contribution is -2.41. The standard InChI is InChI=1S/C13H21NO3S/c1-9-5-11(10(2)18-9)12(17)14(4)6-13(3,7-15)8-16/h5,15-16H,6-8H2,1-4H3. The Kier molecular flexibility index (Phi) is 4.90. The number of rotatable bonds is 5. The molecule has 0 aliphatic rings. The molecule has 1 aromatic heterocycles. The molecule has 4 nitrogen and oxygen atoms in total. The lowest BCUT2D eigenvalue weighted by molar-refractivity contribution is 0.0366. The third-order valence-corrected chi connectivity index (χ3v) is 3.97. The van der Waals surface area contributed by atoms with Crippen LogP contribution in [0.1, 0.15) is 27.0 Å². The van der Waals surface area contributed by atoms with Gasteiger partial charge in [-0.3, -0.25) is 4.79 Å². The van der Waals surface area contributed by atoms with Crippen LogP contribution in [-0.2, 0) is 0 Å². The van der Waals surface area contributed by atoms with Crippen LogP contribution in [0.2, 0.25) is 0 Å². The fraction of sp³-hybridized carbons (Fsp3) is 0.615. The van der Waals surface area contributed by atoms with Crippen LogP contribution in [0.15, 0.2) is 6.07 Å². The zero-order valence-corrected chi connectivity index (χ0v) is 12.2. The molecule has 18 heavy (non-hydrogen) atoms. The minimum Gasteiger partial charge on any atom is -0.396 e.